The zero-order valence-electron chi connectivity index (χ0n) is 7.20. The van der Waals surface area contributed by atoms with Crippen LogP contribution in [0.15, 0.2) is 12.1 Å². The molecule has 0 spiro atoms. The van der Waals surface area contributed by atoms with Crippen molar-refractivity contribution in [2.24, 2.45) is 0 Å². The number of benzene rings is 1. The molecule has 0 fully saturated rings. The Kier molecular flexibility index (Phi) is 2.76. The van der Waals surface area contributed by atoms with E-state index in [4.69, 9.17) is 5.11 Å². The van der Waals surface area contributed by atoms with Crippen LogP contribution in [0.4, 0.5) is 14.5 Å². The zero-order valence-corrected chi connectivity index (χ0v) is 7.20. The standard InChI is InChI=1S/C8H7F2NO3/c1-4(12)5-2-7(10)8(11(13)14)3-6(5)9/h2-4,12H,1H3/t4-/m0/s1. The van der Waals surface area contributed by atoms with Crippen LogP contribution in [-0.4, -0.2) is 10.0 Å². The van der Waals surface area contributed by atoms with Crippen LogP contribution < -0.4 is 0 Å². The van der Waals surface area contributed by atoms with Gasteiger partial charge in [-0.3, -0.25) is 10.1 Å². The number of nitrogens with zero attached hydrogens (tertiary/aromatic N) is 1. The largest absolute Gasteiger partial charge is 0.389 e. The van der Waals surface area contributed by atoms with Gasteiger partial charge in [-0.25, -0.2) is 4.39 Å². The third-order valence-corrected chi connectivity index (χ3v) is 1.71. The topological polar surface area (TPSA) is 63.4 Å². The van der Waals surface area contributed by atoms with Gasteiger partial charge in [-0.15, -0.1) is 0 Å². The molecule has 0 aliphatic rings. The van der Waals surface area contributed by atoms with Gasteiger partial charge >= 0.3 is 5.69 Å². The van der Waals surface area contributed by atoms with Crippen molar-refractivity contribution in [3.63, 3.8) is 0 Å². The fourth-order valence-electron chi connectivity index (χ4n) is 1.01. The van der Waals surface area contributed by atoms with Crippen molar-refractivity contribution in [2.75, 3.05) is 0 Å². The SMILES string of the molecule is C[C@H](O)c1cc(F)c([N+](=O)[O-])cc1F. The minimum Gasteiger partial charge on any atom is -0.389 e. The second kappa shape index (κ2) is 3.67. The Morgan fingerprint density at radius 2 is 2.00 bits per heavy atom. The molecule has 4 nitrogen and oxygen atoms in total. The van der Waals surface area contributed by atoms with Gasteiger partial charge in [0.1, 0.15) is 5.82 Å². The smallest absolute Gasteiger partial charge is 0.307 e. The van der Waals surface area contributed by atoms with Gasteiger partial charge in [0.25, 0.3) is 0 Å². The molecule has 0 aliphatic heterocycles. The van der Waals surface area contributed by atoms with Crippen molar-refractivity contribution < 1.29 is 18.8 Å². The Labute approximate surface area is 77.9 Å². The number of halogens is 2. The first-order valence-corrected chi connectivity index (χ1v) is 3.75. The lowest BCUT2D eigenvalue weighted by atomic mass is 10.1. The van der Waals surface area contributed by atoms with Crippen LogP contribution in [0.3, 0.4) is 0 Å². The Hall–Kier alpha value is -1.56. The molecule has 0 aromatic heterocycles. The molecule has 0 unspecified atom stereocenters. The summed E-state index contributed by atoms with van der Waals surface area (Å²) in [6, 6.07) is 1.08. The molecular weight excluding hydrogens is 196 g/mol. The lowest BCUT2D eigenvalue weighted by Gasteiger charge is -2.05. The second-order valence-electron chi connectivity index (χ2n) is 2.76. The Morgan fingerprint density at radius 3 is 2.43 bits per heavy atom. The van der Waals surface area contributed by atoms with E-state index in [9.17, 15) is 18.9 Å². The van der Waals surface area contributed by atoms with Crippen molar-refractivity contribution in [3.05, 3.63) is 39.4 Å². The average Bonchev–Trinajstić information content (AvgIpc) is 2.07. The number of rotatable bonds is 2. The Balaban J connectivity index is 3.31. The van der Waals surface area contributed by atoms with E-state index in [1.807, 2.05) is 0 Å². The third-order valence-electron chi connectivity index (χ3n) is 1.71. The Bertz CT molecular complexity index is 379. The monoisotopic (exact) mass is 203 g/mol. The van der Waals surface area contributed by atoms with E-state index in [1.54, 1.807) is 0 Å². The van der Waals surface area contributed by atoms with Crippen molar-refractivity contribution in [3.8, 4) is 0 Å². The summed E-state index contributed by atoms with van der Waals surface area (Å²) in [4.78, 5) is 9.17. The zero-order chi connectivity index (χ0) is 10.9. The molecule has 0 saturated heterocycles. The van der Waals surface area contributed by atoms with E-state index in [1.165, 1.54) is 6.92 Å². The molecule has 0 heterocycles. The van der Waals surface area contributed by atoms with E-state index >= 15 is 0 Å². The average molecular weight is 203 g/mol. The summed E-state index contributed by atoms with van der Waals surface area (Å²) in [6.07, 6.45) is -1.20. The minimum atomic E-state index is -1.20. The molecule has 0 saturated carbocycles. The van der Waals surface area contributed by atoms with Crippen LogP contribution in [0.5, 0.6) is 0 Å². The van der Waals surface area contributed by atoms with E-state index in [2.05, 4.69) is 0 Å². The first-order valence-electron chi connectivity index (χ1n) is 3.75. The molecule has 1 aromatic rings. The molecule has 0 bridgehead atoms. The summed E-state index contributed by atoms with van der Waals surface area (Å²) < 4.78 is 25.9. The molecule has 1 aromatic carbocycles. The highest BCUT2D eigenvalue weighted by Gasteiger charge is 2.20. The molecule has 1 N–H and O–H groups in total. The van der Waals surface area contributed by atoms with Gasteiger partial charge < -0.3 is 5.11 Å². The number of hydrogen-bond acceptors (Lipinski definition) is 3. The molecular formula is C8H7F2NO3. The van der Waals surface area contributed by atoms with Crippen molar-refractivity contribution in [2.45, 2.75) is 13.0 Å². The lowest BCUT2D eigenvalue weighted by Crippen LogP contribution is -2.00. The van der Waals surface area contributed by atoms with E-state index < -0.39 is 28.3 Å². The number of hydrogen-bond donors (Lipinski definition) is 1. The van der Waals surface area contributed by atoms with Gasteiger partial charge in [0.15, 0.2) is 0 Å². The van der Waals surface area contributed by atoms with E-state index in [-0.39, 0.29) is 5.56 Å². The number of nitro groups is 1. The van der Waals surface area contributed by atoms with Gasteiger partial charge in [0.05, 0.1) is 17.1 Å². The van der Waals surface area contributed by atoms with Gasteiger partial charge in [-0.05, 0) is 13.0 Å². The highest BCUT2D eigenvalue weighted by atomic mass is 19.1. The Morgan fingerprint density at radius 1 is 1.43 bits per heavy atom. The van der Waals surface area contributed by atoms with Crippen LogP contribution in [0.1, 0.15) is 18.6 Å². The van der Waals surface area contributed by atoms with Crippen molar-refractivity contribution in [1.29, 1.82) is 0 Å². The molecule has 1 atom stereocenters. The molecule has 0 aliphatic carbocycles. The van der Waals surface area contributed by atoms with Crippen molar-refractivity contribution >= 4 is 5.69 Å². The highest BCUT2D eigenvalue weighted by molar-refractivity contribution is 5.36. The van der Waals surface area contributed by atoms with Crippen LogP contribution in [0, 0.1) is 21.7 Å². The van der Waals surface area contributed by atoms with Crippen molar-refractivity contribution in [1.82, 2.24) is 0 Å². The van der Waals surface area contributed by atoms with Gasteiger partial charge in [-0.1, -0.05) is 0 Å². The third kappa shape index (κ3) is 1.85. The van der Waals surface area contributed by atoms with E-state index in [0.29, 0.717) is 12.1 Å². The molecule has 76 valence electrons. The van der Waals surface area contributed by atoms with Gasteiger partial charge in [0.2, 0.25) is 5.82 Å². The minimum absolute atomic E-state index is 0.298. The molecule has 6 heteroatoms. The molecule has 0 amide bonds. The summed E-state index contributed by atoms with van der Waals surface area (Å²) in [7, 11) is 0. The summed E-state index contributed by atoms with van der Waals surface area (Å²) in [6.45, 7) is 1.24. The van der Waals surface area contributed by atoms with Crippen LogP contribution >= 0.6 is 0 Å². The fraction of sp³-hybridized carbons (Fsp3) is 0.250. The maximum Gasteiger partial charge on any atom is 0.307 e. The van der Waals surface area contributed by atoms with Crippen LogP contribution in [0.2, 0.25) is 0 Å². The van der Waals surface area contributed by atoms with Gasteiger partial charge in [-0.2, -0.15) is 4.39 Å². The maximum atomic E-state index is 13.0. The molecule has 1 rings (SSSR count). The summed E-state index contributed by atoms with van der Waals surface area (Å²) in [5, 5.41) is 19.2. The number of aliphatic hydroxyl groups excluding tert-OH is 1. The summed E-state index contributed by atoms with van der Waals surface area (Å²) >= 11 is 0. The highest BCUT2D eigenvalue weighted by Crippen LogP contribution is 2.24. The molecule has 0 radical (unpaired) electrons. The number of nitro benzene ring substituents is 1. The summed E-state index contributed by atoms with van der Waals surface area (Å²) in [5.41, 5.74) is -1.24. The quantitative estimate of drug-likeness (QED) is 0.590. The predicted molar refractivity (Wildman–Crippen MR) is 43.6 cm³/mol. The predicted octanol–water partition coefficient (Wildman–Crippen LogP) is 1.93. The first-order chi connectivity index (χ1) is 6.43. The first kappa shape index (κ1) is 10.5. The van der Waals surface area contributed by atoms with Crippen LogP contribution in [0.25, 0.3) is 0 Å². The van der Waals surface area contributed by atoms with Gasteiger partial charge in [0, 0.05) is 5.56 Å². The maximum absolute atomic E-state index is 13.0. The van der Waals surface area contributed by atoms with E-state index in [0.717, 1.165) is 0 Å². The molecule has 14 heavy (non-hydrogen) atoms. The number of aliphatic hydroxyl groups is 1. The lowest BCUT2D eigenvalue weighted by molar-refractivity contribution is -0.387. The van der Waals surface area contributed by atoms with Crippen LogP contribution in [-0.2, 0) is 0 Å². The fourth-order valence-corrected chi connectivity index (χ4v) is 1.01. The normalized spacial score (nSPS) is 12.6. The summed E-state index contributed by atoms with van der Waals surface area (Å²) in [5.74, 6) is -2.15. The second-order valence-corrected chi connectivity index (χ2v) is 2.76.